The van der Waals surface area contributed by atoms with E-state index in [-0.39, 0.29) is 21.7 Å². The smallest absolute Gasteiger partial charge is 0.267 e. The van der Waals surface area contributed by atoms with Gasteiger partial charge in [-0.2, -0.15) is 5.10 Å². The lowest BCUT2D eigenvalue weighted by molar-refractivity contribution is 0.0997. The first-order chi connectivity index (χ1) is 14.0. The maximum atomic E-state index is 13.4. The Balaban J connectivity index is 1.76. The van der Waals surface area contributed by atoms with E-state index < -0.39 is 5.91 Å². The lowest BCUT2D eigenvalue weighted by atomic mass is 9.72. The number of hydrogen-bond donors (Lipinski definition) is 1. The zero-order valence-corrected chi connectivity index (χ0v) is 19.7. The van der Waals surface area contributed by atoms with Crippen LogP contribution in [0.3, 0.4) is 0 Å². The molecule has 3 aromatic rings. The van der Waals surface area contributed by atoms with Crippen molar-refractivity contribution in [3.63, 3.8) is 0 Å². The highest BCUT2D eigenvalue weighted by Gasteiger charge is 2.32. The van der Waals surface area contributed by atoms with E-state index in [4.69, 9.17) is 11.6 Å². The van der Waals surface area contributed by atoms with Crippen molar-refractivity contribution in [2.75, 3.05) is 5.43 Å². The predicted octanol–water partition coefficient (Wildman–Crippen LogP) is 4.00. The van der Waals surface area contributed by atoms with Crippen LogP contribution in [0.4, 0.5) is 0 Å². The molecule has 1 N–H and O–H groups in total. The van der Waals surface area contributed by atoms with Crippen molar-refractivity contribution < 1.29 is 4.79 Å². The van der Waals surface area contributed by atoms with E-state index in [9.17, 15) is 9.59 Å². The monoisotopic (exact) mass is 447 g/mol. The third kappa shape index (κ3) is 3.36. The molecule has 0 fully saturated rings. The fraction of sp³-hybridized carbons (Fsp3) is 0.524. The van der Waals surface area contributed by atoms with Crippen LogP contribution in [0.15, 0.2) is 4.79 Å². The fourth-order valence-corrected chi connectivity index (χ4v) is 5.81. The summed E-state index contributed by atoms with van der Waals surface area (Å²) in [6.45, 7) is 10.3. The van der Waals surface area contributed by atoms with Crippen molar-refractivity contribution in [1.29, 1.82) is 0 Å². The molecular weight excluding hydrogens is 422 g/mol. The van der Waals surface area contributed by atoms with Gasteiger partial charge in [-0.25, -0.2) is 9.66 Å². The number of nitrogens with zero attached hydrogens (tertiary/aromatic N) is 4. The van der Waals surface area contributed by atoms with Crippen LogP contribution >= 0.6 is 22.9 Å². The van der Waals surface area contributed by atoms with Gasteiger partial charge >= 0.3 is 0 Å². The molecule has 0 saturated heterocycles. The van der Waals surface area contributed by atoms with Gasteiger partial charge in [0.15, 0.2) is 0 Å². The zero-order valence-electron chi connectivity index (χ0n) is 18.1. The van der Waals surface area contributed by atoms with Gasteiger partial charge in [0.1, 0.15) is 16.3 Å². The number of aromatic nitrogens is 4. The Labute approximate surface area is 184 Å². The van der Waals surface area contributed by atoms with Crippen molar-refractivity contribution in [3.05, 3.63) is 43.0 Å². The zero-order chi connectivity index (χ0) is 22.0. The maximum absolute atomic E-state index is 13.4. The van der Waals surface area contributed by atoms with Crippen LogP contribution in [0, 0.1) is 25.2 Å². The molecule has 1 amide bonds. The van der Waals surface area contributed by atoms with E-state index in [1.807, 2.05) is 0 Å². The van der Waals surface area contributed by atoms with Crippen molar-refractivity contribution in [2.45, 2.75) is 53.9 Å². The summed E-state index contributed by atoms with van der Waals surface area (Å²) in [7, 11) is 1.64. The van der Waals surface area contributed by atoms with Crippen LogP contribution < -0.4 is 11.0 Å². The van der Waals surface area contributed by atoms with Gasteiger partial charge < -0.3 is 0 Å². The normalized spacial score (nSPS) is 16.7. The molecule has 0 aromatic carbocycles. The molecule has 1 aliphatic rings. The Morgan fingerprint density at radius 3 is 2.60 bits per heavy atom. The highest BCUT2D eigenvalue weighted by molar-refractivity contribution is 7.18. The Morgan fingerprint density at radius 1 is 1.30 bits per heavy atom. The van der Waals surface area contributed by atoms with Crippen molar-refractivity contribution in [2.24, 2.45) is 18.4 Å². The first-order valence-electron chi connectivity index (χ1n) is 10.0. The van der Waals surface area contributed by atoms with Crippen molar-refractivity contribution in [1.82, 2.24) is 19.4 Å². The SMILES string of the molecule is Cc1nn(C)c(C(=O)Nn2c(C)nc3sc4c(c3c2=O)CCC(C(C)(C)C)C4)c1Cl. The van der Waals surface area contributed by atoms with E-state index >= 15 is 0 Å². The molecule has 4 rings (SSSR count). The molecule has 160 valence electrons. The highest BCUT2D eigenvalue weighted by atomic mass is 35.5. The molecule has 0 aliphatic heterocycles. The first-order valence-corrected chi connectivity index (χ1v) is 11.2. The van der Waals surface area contributed by atoms with Crippen LogP contribution in [0.2, 0.25) is 5.02 Å². The molecule has 3 heterocycles. The summed E-state index contributed by atoms with van der Waals surface area (Å²) in [4.78, 5) is 32.8. The third-order valence-corrected chi connectivity index (χ3v) is 7.65. The summed E-state index contributed by atoms with van der Waals surface area (Å²) >= 11 is 7.84. The van der Waals surface area contributed by atoms with Gasteiger partial charge in [-0.1, -0.05) is 32.4 Å². The molecule has 7 nitrogen and oxygen atoms in total. The van der Waals surface area contributed by atoms with Crippen LogP contribution in [-0.4, -0.2) is 25.3 Å². The van der Waals surface area contributed by atoms with E-state index in [1.54, 1.807) is 32.2 Å². The Hall–Kier alpha value is -2.19. The summed E-state index contributed by atoms with van der Waals surface area (Å²) in [6, 6.07) is 0. The van der Waals surface area contributed by atoms with Crippen LogP contribution in [0.1, 0.15) is 59.6 Å². The van der Waals surface area contributed by atoms with Crippen LogP contribution in [0.25, 0.3) is 10.2 Å². The molecule has 1 atom stereocenters. The summed E-state index contributed by atoms with van der Waals surface area (Å²) in [5.74, 6) is 0.518. The third-order valence-electron chi connectivity index (χ3n) is 6.05. The molecule has 0 bridgehead atoms. The molecule has 0 radical (unpaired) electrons. The van der Waals surface area contributed by atoms with Crippen molar-refractivity contribution in [3.8, 4) is 0 Å². The number of fused-ring (bicyclic) bond motifs is 3. The van der Waals surface area contributed by atoms with E-state index in [2.05, 4.69) is 36.3 Å². The molecule has 3 aromatic heterocycles. The summed E-state index contributed by atoms with van der Waals surface area (Å²) in [6.07, 6.45) is 2.87. The molecule has 30 heavy (non-hydrogen) atoms. The van der Waals surface area contributed by atoms with E-state index in [0.29, 0.717) is 22.8 Å². The predicted molar refractivity (Wildman–Crippen MR) is 120 cm³/mol. The number of hydrogen-bond acceptors (Lipinski definition) is 5. The second-order valence-electron chi connectivity index (χ2n) is 9.10. The molecule has 9 heteroatoms. The molecule has 0 saturated carbocycles. The summed E-state index contributed by atoms with van der Waals surface area (Å²) < 4.78 is 2.64. The molecule has 1 aliphatic carbocycles. The van der Waals surface area contributed by atoms with Gasteiger partial charge in [-0.15, -0.1) is 11.3 Å². The van der Waals surface area contributed by atoms with Gasteiger partial charge in [0, 0.05) is 11.9 Å². The molecular formula is C21H26ClN5O2S. The van der Waals surface area contributed by atoms with Crippen LogP contribution in [0.5, 0.6) is 0 Å². The summed E-state index contributed by atoms with van der Waals surface area (Å²) in [5, 5.41) is 5.07. The van der Waals surface area contributed by atoms with E-state index in [0.717, 1.165) is 29.7 Å². The summed E-state index contributed by atoms with van der Waals surface area (Å²) in [5.41, 5.74) is 4.51. The topological polar surface area (TPSA) is 81.8 Å². The van der Waals surface area contributed by atoms with Gasteiger partial charge in [0.25, 0.3) is 11.5 Å². The Bertz CT molecular complexity index is 1230. The number of nitrogens with one attached hydrogen (secondary N) is 1. The lowest BCUT2D eigenvalue weighted by Gasteiger charge is -2.33. The highest BCUT2D eigenvalue weighted by Crippen LogP contribution is 2.42. The number of thiophene rings is 1. The number of halogens is 1. The Kier molecular flexibility index (Phi) is 5.05. The van der Waals surface area contributed by atoms with Crippen LogP contribution in [-0.2, 0) is 19.9 Å². The minimum atomic E-state index is -0.494. The number of rotatable bonds is 2. The number of amides is 1. The number of carbonyl (C=O) groups excluding carboxylic acids is 1. The average Bonchev–Trinajstić information content (AvgIpc) is 3.13. The standard InChI is InChI=1S/C21H26ClN5O2S/c1-10-16(22)17(26(6)24-10)18(28)25-27-11(2)23-19-15(20(27)29)13-8-7-12(21(3,4)5)9-14(13)30-19/h12H,7-9H2,1-6H3,(H,25,28). The number of aryl methyl sites for hydroxylation is 4. The largest absolute Gasteiger partial charge is 0.290 e. The van der Waals surface area contributed by atoms with Gasteiger partial charge in [0.05, 0.1) is 16.1 Å². The average molecular weight is 448 g/mol. The van der Waals surface area contributed by atoms with Gasteiger partial charge in [0.2, 0.25) is 0 Å². The van der Waals surface area contributed by atoms with E-state index in [1.165, 1.54) is 14.2 Å². The molecule has 0 spiro atoms. The minimum absolute atomic E-state index is 0.209. The molecule has 1 unspecified atom stereocenters. The van der Waals surface area contributed by atoms with Gasteiger partial charge in [-0.05, 0) is 50.0 Å². The van der Waals surface area contributed by atoms with Crippen molar-refractivity contribution >= 4 is 39.1 Å². The second-order valence-corrected chi connectivity index (χ2v) is 10.6. The maximum Gasteiger partial charge on any atom is 0.290 e. The fourth-order valence-electron chi connectivity index (χ4n) is 4.23. The number of carbonyl (C=O) groups is 1. The first kappa shape index (κ1) is 21.1. The minimum Gasteiger partial charge on any atom is -0.267 e. The Morgan fingerprint density at radius 2 is 2.00 bits per heavy atom. The second kappa shape index (κ2) is 7.20. The lowest BCUT2D eigenvalue weighted by Crippen LogP contribution is -2.36. The quantitative estimate of drug-likeness (QED) is 0.643. The van der Waals surface area contributed by atoms with Gasteiger partial charge in [-0.3, -0.25) is 19.7 Å².